The third-order valence-electron chi connectivity index (χ3n) is 3.67. The molecule has 17 heavy (non-hydrogen) atoms. The maximum absolute atomic E-state index is 9.45. The number of hydrogen-bond acceptors (Lipinski definition) is 3. The second-order valence-electron chi connectivity index (χ2n) is 4.99. The first-order valence-corrected chi connectivity index (χ1v) is 6.59. The number of aliphatic hydroxyl groups excluding tert-OH is 1. The Hall–Kier alpha value is -1.09. The molecule has 1 unspecified atom stereocenters. The van der Waals surface area contributed by atoms with Gasteiger partial charge in [-0.1, -0.05) is 19.4 Å². The highest BCUT2D eigenvalue weighted by molar-refractivity contribution is 5.40. The van der Waals surface area contributed by atoms with E-state index in [0.717, 1.165) is 30.4 Å². The molecular weight excluding hydrogens is 212 g/mol. The van der Waals surface area contributed by atoms with Gasteiger partial charge in [0.1, 0.15) is 5.82 Å². The van der Waals surface area contributed by atoms with Crippen LogP contribution in [0.2, 0.25) is 0 Å². The predicted octanol–water partition coefficient (Wildman–Crippen LogP) is 2.76. The molecule has 0 aromatic carbocycles. The molecule has 0 spiro atoms. The van der Waals surface area contributed by atoms with Gasteiger partial charge in [-0.05, 0) is 37.3 Å². The van der Waals surface area contributed by atoms with Crippen LogP contribution in [0.3, 0.4) is 0 Å². The van der Waals surface area contributed by atoms with E-state index in [1.807, 2.05) is 12.1 Å². The fourth-order valence-corrected chi connectivity index (χ4v) is 2.44. The molecule has 0 bridgehead atoms. The average Bonchev–Trinajstić information content (AvgIpc) is 2.39. The minimum atomic E-state index is -0.429. The quantitative estimate of drug-likeness (QED) is 0.873. The average molecular weight is 234 g/mol. The predicted molar refractivity (Wildman–Crippen MR) is 70.1 cm³/mol. The summed E-state index contributed by atoms with van der Waals surface area (Å²) >= 11 is 0. The number of aliphatic hydroxyl groups is 1. The van der Waals surface area contributed by atoms with Crippen molar-refractivity contribution >= 4 is 5.82 Å². The van der Waals surface area contributed by atoms with Crippen LogP contribution in [-0.4, -0.2) is 23.2 Å². The molecule has 0 saturated carbocycles. The van der Waals surface area contributed by atoms with Crippen molar-refractivity contribution in [3.05, 3.63) is 23.9 Å². The van der Waals surface area contributed by atoms with Crippen molar-refractivity contribution in [2.24, 2.45) is 5.92 Å². The molecule has 1 aliphatic heterocycles. The van der Waals surface area contributed by atoms with Gasteiger partial charge < -0.3 is 10.0 Å². The van der Waals surface area contributed by atoms with Crippen LogP contribution in [0.5, 0.6) is 0 Å². The second-order valence-corrected chi connectivity index (χ2v) is 4.99. The summed E-state index contributed by atoms with van der Waals surface area (Å²) in [4.78, 5) is 6.82. The number of hydrogen-bond donors (Lipinski definition) is 1. The third kappa shape index (κ3) is 2.97. The van der Waals surface area contributed by atoms with Crippen molar-refractivity contribution in [2.45, 2.75) is 39.2 Å². The van der Waals surface area contributed by atoms with Crippen LogP contribution in [0, 0.1) is 5.92 Å². The molecule has 3 heteroatoms. The molecule has 1 aliphatic rings. The van der Waals surface area contributed by atoms with Gasteiger partial charge >= 0.3 is 0 Å². The summed E-state index contributed by atoms with van der Waals surface area (Å²) in [6.45, 7) is 6.26. The smallest absolute Gasteiger partial charge is 0.128 e. The van der Waals surface area contributed by atoms with Crippen LogP contribution in [0.15, 0.2) is 18.3 Å². The molecule has 3 nitrogen and oxygen atoms in total. The molecule has 2 atom stereocenters. The maximum Gasteiger partial charge on any atom is 0.128 e. The Bertz CT molecular complexity index is 348. The number of nitrogens with zero attached hydrogens (tertiary/aromatic N) is 2. The normalized spacial score (nSPS) is 22.5. The zero-order valence-corrected chi connectivity index (χ0v) is 10.8. The van der Waals surface area contributed by atoms with Crippen LogP contribution in [-0.2, 0) is 0 Å². The fourth-order valence-electron chi connectivity index (χ4n) is 2.44. The summed E-state index contributed by atoms with van der Waals surface area (Å²) < 4.78 is 0. The fraction of sp³-hybridized carbons (Fsp3) is 0.643. The van der Waals surface area contributed by atoms with Crippen LogP contribution >= 0.6 is 0 Å². The van der Waals surface area contributed by atoms with E-state index in [2.05, 4.69) is 16.8 Å². The van der Waals surface area contributed by atoms with E-state index in [0.29, 0.717) is 0 Å². The van der Waals surface area contributed by atoms with E-state index in [4.69, 9.17) is 0 Å². The zero-order valence-electron chi connectivity index (χ0n) is 10.8. The van der Waals surface area contributed by atoms with E-state index in [9.17, 15) is 5.11 Å². The van der Waals surface area contributed by atoms with Crippen LogP contribution < -0.4 is 4.90 Å². The number of pyridine rings is 1. The Labute approximate surface area is 103 Å². The summed E-state index contributed by atoms with van der Waals surface area (Å²) in [5, 5.41) is 9.45. The van der Waals surface area contributed by atoms with Gasteiger partial charge in [-0.2, -0.15) is 0 Å². The lowest BCUT2D eigenvalue weighted by molar-refractivity contribution is 0.199. The third-order valence-corrected chi connectivity index (χ3v) is 3.67. The van der Waals surface area contributed by atoms with E-state index in [1.165, 1.54) is 19.3 Å². The van der Waals surface area contributed by atoms with Gasteiger partial charge in [0.25, 0.3) is 0 Å². The van der Waals surface area contributed by atoms with Gasteiger partial charge in [-0.25, -0.2) is 4.98 Å². The Kier molecular flexibility index (Phi) is 4.00. The van der Waals surface area contributed by atoms with E-state index in [1.54, 1.807) is 13.1 Å². The lowest BCUT2D eigenvalue weighted by atomic mass is 9.96. The van der Waals surface area contributed by atoms with Crippen molar-refractivity contribution in [2.75, 3.05) is 18.0 Å². The second kappa shape index (κ2) is 5.50. The van der Waals surface area contributed by atoms with Crippen LogP contribution in [0.25, 0.3) is 0 Å². The largest absolute Gasteiger partial charge is 0.389 e. The van der Waals surface area contributed by atoms with Crippen molar-refractivity contribution < 1.29 is 5.11 Å². The van der Waals surface area contributed by atoms with Gasteiger partial charge in [0, 0.05) is 19.3 Å². The molecule has 1 aromatic heterocycles. The van der Waals surface area contributed by atoms with Gasteiger partial charge in [-0.15, -0.1) is 0 Å². The summed E-state index contributed by atoms with van der Waals surface area (Å²) in [5.41, 5.74) is 0.887. The Morgan fingerprint density at radius 2 is 2.35 bits per heavy atom. The van der Waals surface area contributed by atoms with Crippen molar-refractivity contribution in [1.29, 1.82) is 0 Å². The molecule has 0 aliphatic carbocycles. The van der Waals surface area contributed by atoms with E-state index in [-0.39, 0.29) is 0 Å². The molecule has 94 valence electrons. The Morgan fingerprint density at radius 1 is 1.53 bits per heavy atom. The molecule has 0 amide bonds. The Balaban J connectivity index is 2.06. The number of anilines is 1. The lowest BCUT2D eigenvalue weighted by Gasteiger charge is -2.33. The molecular formula is C14H22N2O. The van der Waals surface area contributed by atoms with Crippen LogP contribution in [0.4, 0.5) is 5.82 Å². The van der Waals surface area contributed by atoms with Gasteiger partial charge in [-0.3, -0.25) is 0 Å². The lowest BCUT2D eigenvalue weighted by Crippen LogP contribution is -2.35. The molecule has 1 aromatic rings. The van der Waals surface area contributed by atoms with Gasteiger partial charge in [0.05, 0.1) is 6.10 Å². The molecule has 1 N–H and O–H groups in total. The summed E-state index contributed by atoms with van der Waals surface area (Å²) in [5.74, 6) is 1.86. The first-order valence-electron chi connectivity index (χ1n) is 6.59. The number of piperidine rings is 1. The zero-order chi connectivity index (χ0) is 12.3. The highest BCUT2D eigenvalue weighted by Gasteiger charge is 2.19. The van der Waals surface area contributed by atoms with Crippen LogP contribution in [0.1, 0.15) is 44.8 Å². The Morgan fingerprint density at radius 3 is 2.94 bits per heavy atom. The van der Waals surface area contributed by atoms with Crippen molar-refractivity contribution in [3.63, 3.8) is 0 Å². The molecule has 2 heterocycles. The van der Waals surface area contributed by atoms with Crippen molar-refractivity contribution in [1.82, 2.24) is 4.98 Å². The number of aromatic nitrogens is 1. The van der Waals surface area contributed by atoms with Crippen molar-refractivity contribution in [3.8, 4) is 0 Å². The topological polar surface area (TPSA) is 36.4 Å². The molecule has 1 saturated heterocycles. The SMILES string of the molecule is CCC1CCCN(c2ccc([C@@H](C)O)cn2)C1. The summed E-state index contributed by atoms with van der Waals surface area (Å²) in [7, 11) is 0. The van der Waals surface area contributed by atoms with E-state index >= 15 is 0 Å². The molecule has 0 radical (unpaired) electrons. The van der Waals surface area contributed by atoms with Gasteiger partial charge in [0.15, 0.2) is 0 Å². The van der Waals surface area contributed by atoms with Gasteiger partial charge in [0.2, 0.25) is 0 Å². The monoisotopic (exact) mass is 234 g/mol. The summed E-state index contributed by atoms with van der Waals surface area (Å²) in [6, 6.07) is 4.00. The standard InChI is InChI=1S/C14H22N2O/c1-3-12-5-4-8-16(10-12)14-7-6-13(9-15-14)11(2)17/h6-7,9,11-12,17H,3-5,8,10H2,1-2H3/t11-,12?/m1/s1. The summed E-state index contributed by atoms with van der Waals surface area (Å²) in [6.07, 6.45) is 5.22. The highest BCUT2D eigenvalue weighted by Crippen LogP contribution is 2.24. The molecule has 1 fully saturated rings. The first kappa shape index (κ1) is 12.4. The number of rotatable bonds is 3. The highest BCUT2D eigenvalue weighted by atomic mass is 16.3. The maximum atomic E-state index is 9.45. The minimum Gasteiger partial charge on any atom is -0.389 e. The molecule has 2 rings (SSSR count). The minimum absolute atomic E-state index is 0.429. The first-order chi connectivity index (χ1) is 8.20. The van der Waals surface area contributed by atoms with E-state index < -0.39 is 6.10 Å².